The summed E-state index contributed by atoms with van der Waals surface area (Å²) in [6.07, 6.45) is -3.79. The molecular weight excluding hydrogens is 247 g/mol. The summed E-state index contributed by atoms with van der Waals surface area (Å²) < 4.78 is 37.6. The Kier molecular flexibility index (Phi) is 4.27. The van der Waals surface area contributed by atoms with E-state index in [1.807, 2.05) is 0 Å². The van der Waals surface area contributed by atoms with E-state index in [0.29, 0.717) is 6.54 Å². The average Bonchev–Trinajstić information content (AvgIpc) is 2.64. The third kappa shape index (κ3) is 3.58. The molecule has 1 fully saturated rings. The van der Waals surface area contributed by atoms with E-state index >= 15 is 0 Å². The Morgan fingerprint density at radius 1 is 1.50 bits per heavy atom. The van der Waals surface area contributed by atoms with Gasteiger partial charge in [0.1, 0.15) is 0 Å². The van der Waals surface area contributed by atoms with Gasteiger partial charge in [0, 0.05) is 12.6 Å². The van der Waals surface area contributed by atoms with Crippen LogP contribution in [0.1, 0.15) is 26.7 Å². The van der Waals surface area contributed by atoms with E-state index in [4.69, 9.17) is 11.5 Å². The van der Waals surface area contributed by atoms with Gasteiger partial charge in [0.15, 0.2) is 0 Å². The van der Waals surface area contributed by atoms with Crippen molar-refractivity contribution in [2.75, 3.05) is 13.1 Å². The number of nitrogens with two attached hydrogens (primary N) is 2. The molecule has 1 heterocycles. The Hall–Kier alpha value is -0.820. The summed E-state index contributed by atoms with van der Waals surface area (Å²) in [4.78, 5) is 12.8. The van der Waals surface area contributed by atoms with Gasteiger partial charge in [-0.05, 0) is 33.2 Å². The van der Waals surface area contributed by atoms with Crippen molar-refractivity contribution in [1.29, 1.82) is 0 Å². The number of likely N-dealkylation sites (tertiary alicyclic amines) is 1. The quantitative estimate of drug-likeness (QED) is 0.793. The maximum absolute atomic E-state index is 12.5. The highest BCUT2D eigenvalue weighted by atomic mass is 19.4. The van der Waals surface area contributed by atoms with Crippen LogP contribution >= 0.6 is 0 Å². The number of primary amides is 1. The molecule has 7 heteroatoms. The second-order valence-electron chi connectivity index (χ2n) is 5.36. The third-order valence-electron chi connectivity index (χ3n) is 3.59. The maximum atomic E-state index is 12.5. The predicted octanol–water partition coefficient (Wildman–Crippen LogP) is 0.852. The van der Waals surface area contributed by atoms with Gasteiger partial charge in [0.2, 0.25) is 5.91 Å². The summed E-state index contributed by atoms with van der Waals surface area (Å²) in [5.74, 6) is -1.92. The van der Waals surface area contributed by atoms with Crippen LogP contribution in [0.3, 0.4) is 0 Å². The summed E-state index contributed by atoms with van der Waals surface area (Å²) in [6.45, 7) is 3.62. The maximum Gasteiger partial charge on any atom is 0.393 e. The van der Waals surface area contributed by atoms with Gasteiger partial charge in [-0.25, -0.2) is 0 Å². The van der Waals surface area contributed by atoms with E-state index in [-0.39, 0.29) is 25.4 Å². The molecule has 0 saturated carbocycles. The minimum absolute atomic E-state index is 0.0283. The minimum atomic E-state index is -4.15. The summed E-state index contributed by atoms with van der Waals surface area (Å²) in [5.41, 5.74) is 9.69. The monoisotopic (exact) mass is 267 g/mol. The molecule has 0 bridgehead atoms. The lowest BCUT2D eigenvalue weighted by Gasteiger charge is -2.30. The van der Waals surface area contributed by atoms with Gasteiger partial charge in [-0.2, -0.15) is 13.2 Å². The molecule has 3 unspecified atom stereocenters. The molecule has 1 saturated heterocycles. The molecule has 0 aromatic heterocycles. The fourth-order valence-electron chi connectivity index (χ4n) is 2.30. The van der Waals surface area contributed by atoms with Crippen molar-refractivity contribution in [1.82, 2.24) is 4.90 Å². The lowest BCUT2D eigenvalue weighted by Crippen LogP contribution is -2.53. The van der Waals surface area contributed by atoms with Crippen LogP contribution in [0.25, 0.3) is 0 Å². The number of carbonyl (C=O) groups is 1. The van der Waals surface area contributed by atoms with E-state index in [0.717, 1.165) is 0 Å². The van der Waals surface area contributed by atoms with Crippen LogP contribution in [-0.2, 0) is 4.79 Å². The van der Waals surface area contributed by atoms with Crippen LogP contribution in [0, 0.1) is 5.92 Å². The third-order valence-corrected chi connectivity index (χ3v) is 3.59. The number of nitrogens with zero attached hydrogens (tertiary/aromatic N) is 1. The fourth-order valence-corrected chi connectivity index (χ4v) is 2.30. The van der Waals surface area contributed by atoms with Crippen molar-refractivity contribution in [2.24, 2.45) is 17.4 Å². The molecule has 4 N–H and O–H groups in total. The first-order valence-corrected chi connectivity index (χ1v) is 5.93. The molecule has 1 amide bonds. The van der Waals surface area contributed by atoms with Gasteiger partial charge < -0.3 is 11.5 Å². The number of carbonyl (C=O) groups excluding carboxylic acids is 1. The van der Waals surface area contributed by atoms with Gasteiger partial charge in [0.25, 0.3) is 0 Å². The molecule has 106 valence electrons. The van der Waals surface area contributed by atoms with E-state index in [1.165, 1.54) is 6.92 Å². The lowest BCUT2D eigenvalue weighted by molar-refractivity contribution is -0.171. The number of hydrogen-bond donors (Lipinski definition) is 2. The number of rotatable bonds is 4. The predicted molar refractivity (Wildman–Crippen MR) is 61.6 cm³/mol. The van der Waals surface area contributed by atoms with Crippen LogP contribution in [0.2, 0.25) is 0 Å². The van der Waals surface area contributed by atoms with Crippen LogP contribution < -0.4 is 11.5 Å². The lowest BCUT2D eigenvalue weighted by atomic mass is 9.93. The second kappa shape index (κ2) is 5.05. The van der Waals surface area contributed by atoms with Crippen LogP contribution in [-0.4, -0.2) is 41.7 Å². The standard InChI is InChI=1S/C11H20F3N3O/c1-7(5-10(2,16)9(15)18)17-4-3-8(6-17)11(12,13)14/h7-8H,3-6,16H2,1-2H3,(H2,15,18). The first kappa shape index (κ1) is 15.2. The van der Waals surface area contributed by atoms with Gasteiger partial charge in [-0.3, -0.25) is 9.69 Å². The molecule has 0 spiro atoms. The number of hydrogen-bond acceptors (Lipinski definition) is 3. The smallest absolute Gasteiger partial charge is 0.368 e. The SMILES string of the molecule is CC(CC(C)(N)C(N)=O)N1CCC(C(F)(F)F)C1. The van der Waals surface area contributed by atoms with Crippen molar-refractivity contribution in [3.8, 4) is 0 Å². The highest BCUT2D eigenvalue weighted by molar-refractivity contribution is 5.83. The Balaban J connectivity index is 2.55. The van der Waals surface area contributed by atoms with Crippen LogP contribution in [0.4, 0.5) is 13.2 Å². The Bertz CT molecular complexity index is 317. The minimum Gasteiger partial charge on any atom is -0.368 e. The molecule has 3 atom stereocenters. The Morgan fingerprint density at radius 3 is 2.44 bits per heavy atom. The molecule has 1 aliphatic rings. The van der Waals surface area contributed by atoms with E-state index in [1.54, 1.807) is 11.8 Å². The molecule has 0 aromatic carbocycles. The van der Waals surface area contributed by atoms with Gasteiger partial charge >= 0.3 is 6.18 Å². The summed E-state index contributed by atoms with van der Waals surface area (Å²) >= 11 is 0. The molecule has 1 rings (SSSR count). The molecule has 0 aliphatic carbocycles. The summed E-state index contributed by atoms with van der Waals surface area (Å²) in [7, 11) is 0. The zero-order valence-electron chi connectivity index (χ0n) is 10.6. The van der Waals surface area contributed by atoms with Gasteiger partial charge in [-0.15, -0.1) is 0 Å². The van der Waals surface area contributed by atoms with Crippen molar-refractivity contribution < 1.29 is 18.0 Å². The number of amides is 1. The normalized spacial score (nSPS) is 26.9. The zero-order chi connectivity index (χ0) is 14.1. The summed E-state index contributed by atoms with van der Waals surface area (Å²) in [6, 6.07) is -0.195. The van der Waals surface area contributed by atoms with Gasteiger partial charge in [0.05, 0.1) is 11.5 Å². The highest BCUT2D eigenvalue weighted by Crippen LogP contribution is 2.34. The topological polar surface area (TPSA) is 72.3 Å². The first-order valence-electron chi connectivity index (χ1n) is 5.93. The van der Waals surface area contributed by atoms with Crippen molar-refractivity contribution >= 4 is 5.91 Å². The molecule has 18 heavy (non-hydrogen) atoms. The molecule has 0 radical (unpaired) electrons. The second-order valence-corrected chi connectivity index (χ2v) is 5.36. The molecule has 4 nitrogen and oxygen atoms in total. The van der Waals surface area contributed by atoms with Crippen molar-refractivity contribution in [3.05, 3.63) is 0 Å². The first-order chi connectivity index (χ1) is 8.04. The number of halogens is 3. The van der Waals surface area contributed by atoms with Crippen molar-refractivity contribution in [2.45, 2.75) is 44.4 Å². The van der Waals surface area contributed by atoms with Gasteiger partial charge in [-0.1, -0.05) is 0 Å². The van der Waals surface area contributed by atoms with E-state index < -0.39 is 23.5 Å². The largest absolute Gasteiger partial charge is 0.393 e. The fraction of sp³-hybridized carbons (Fsp3) is 0.909. The van der Waals surface area contributed by atoms with Crippen LogP contribution in [0.15, 0.2) is 0 Å². The molecule has 1 aliphatic heterocycles. The zero-order valence-corrected chi connectivity index (χ0v) is 10.6. The van der Waals surface area contributed by atoms with E-state index in [2.05, 4.69) is 0 Å². The summed E-state index contributed by atoms with van der Waals surface area (Å²) in [5, 5.41) is 0. The Labute approximate surface area is 104 Å². The number of alkyl halides is 3. The Morgan fingerprint density at radius 2 is 2.06 bits per heavy atom. The molecule has 0 aromatic rings. The average molecular weight is 267 g/mol. The van der Waals surface area contributed by atoms with E-state index in [9.17, 15) is 18.0 Å². The molecular formula is C11H20F3N3O. The highest BCUT2D eigenvalue weighted by Gasteiger charge is 2.45. The van der Waals surface area contributed by atoms with Crippen molar-refractivity contribution in [3.63, 3.8) is 0 Å². The van der Waals surface area contributed by atoms with Crippen LogP contribution in [0.5, 0.6) is 0 Å².